The number of fused-ring (bicyclic) bond motifs is 1. The zero-order chi connectivity index (χ0) is 11.5. The summed E-state index contributed by atoms with van der Waals surface area (Å²) in [6.07, 6.45) is 3.41. The van der Waals surface area contributed by atoms with E-state index in [1.54, 1.807) is 0 Å². The Morgan fingerprint density at radius 3 is 2.88 bits per heavy atom. The second kappa shape index (κ2) is 4.71. The summed E-state index contributed by atoms with van der Waals surface area (Å²) < 4.78 is 2.21. The van der Waals surface area contributed by atoms with Crippen molar-refractivity contribution in [2.24, 2.45) is 7.05 Å². The Balaban J connectivity index is 2.33. The molecule has 0 atom stereocenters. The number of benzene rings is 1. The Kier molecular flexibility index (Phi) is 3.30. The number of nitrogens with one attached hydrogen (secondary N) is 1. The van der Waals surface area contributed by atoms with Crippen molar-refractivity contribution in [1.82, 2.24) is 9.88 Å². The van der Waals surface area contributed by atoms with Crippen molar-refractivity contribution in [3.8, 4) is 0 Å². The molecule has 2 heteroatoms. The molecule has 0 amide bonds. The average Bonchev–Trinajstić information content (AvgIpc) is 2.56. The first-order valence-electron chi connectivity index (χ1n) is 5.97. The van der Waals surface area contributed by atoms with Crippen LogP contribution in [0.5, 0.6) is 0 Å². The quantitative estimate of drug-likeness (QED) is 0.777. The molecule has 0 aliphatic rings. The van der Waals surface area contributed by atoms with E-state index in [1.165, 1.54) is 28.5 Å². The van der Waals surface area contributed by atoms with E-state index in [1.807, 2.05) is 0 Å². The molecular weight excluding hydrogens is 196 g/mol. The highest BCUT2D eigenvalue weighted by Gasteiger charge is 2.05. The summed E-state index contributed by atoms with van der Waals surface area (Å²) in [5.41, 5.74) is 4.05. The minimum absolute atomic E-state index is 0.967. The van der Waals surface area contributed by atoms with Crippen LogP contribution in [0, 0.1) is 6.92 Å². The van der Waals surface area contributed by atoms with Gasteiger partial charge in [-0.2, -0.15) is 0 Å². The van der Waals surface area contributed by atoms with E-state index >= 15 is 0 Å². The van der Waals surface area contributed by atoms with Gasteiger partial charge in [0.15, 0.2) is 0 Å². The van der Waals surface area contributed by atoms with Crippen molar-refractivity contribution in [3.05, 3.63) is 35.5 Å². The molecule has 1 heterocycles. The van der Waals surface area contributed by atoms with Crippen LogP contribution in [-0.4, -0.2) is 11.1 Å². The van der Waals surface area contributed by atoms with E-state index < -0.39 is 0 Å². The molecule has 16 heavy (non-hydrogen) atoms. The third-order valence-corrected chi connectivity index (χ3v) is 2.97. The fourth-order valence-corrected chi connectivity index (χ4v) is 2.13. The molecule has 0 spiro atoms. The summed E-state index contributed by atoms with van der Waals surface area (Å²) in [5, 5.41) is 4.84. The lowest BCUT2D eigenvalue weighted by atomic mass is 10.1. The van der Waals surface area contributed by atoms with Gasteiger partial charge in [0.1, 0.15) is 0 Å². The van der Waals surface area contributed by atoms with E-state index in [-0.39, 0.29) is 0 Å². The molecule has 2 nitrogen and oxygen atoms in total. The fourth-order valence-electron chi connectivity index (χ4n) is 2.13. The van der Waals surface area contributed by atoms with Crippen LogP contribution in [-0.2, 0) is 13.6 Å². The largest absolute Gasteiger partial charge is 0.350 e. The van der Waals surface area contributed by atoms with Crippen LogP contribution < -0.4 is 5.32 Å². The number of rotatable bonds is 4. The van der Waals surface area contributed by atoms with Crippen LogP contribution in [0.1, 0.15) is 24.5 Å². The van der Waals surface area contributed by atoms with Crippen molar-refractivity contribution in [1.29, 1.82) is 0 Å². The van der Waals surface area contributed by atoms with Gasteiger partial charge in [-0.3, -0.25) is 0 Å². The lowest BCUT2D eigenvalue weighted by molar-refractivity contribution is 0.676. The summed E-state index contributed by atoms with van der Waals surface area (Å²) in [6, 6.07) is 6.65. The van der Waals surface area contributed by atoms with Gasteiger partial charge >= 0.3 is 0 Å². The Hall–Kier alpha value is -1.28. The smallest absolute Gasteiger partial charge is 0.0481 e. The SMILES string of the molecule is CCCNCc1cn(C)c2ccc(C)cc12. The van der Waals surface area contributed by atoms with Gasteiger partial charge in [0.05, 0.1) is 0 Å². The van der Waals surface area contributed by atoms with E-state index in [9.17, 15) is 0 Å². The van der Waals surface area contributed by atoms with Crippen molar-refractivity contribution in [2.45, 2.75) is 26.8 Å². The van der Waals surface area contributed by atoms with Crippen LogP contribution >= 0.6 is 0 Å². The molecule has 2 aromatic rings. The first-order valence-corrected chi connectivity index (χ1v) is 5.97. The summed E-state index contributed by atoms with van der Waals surface area (Å²) in [5.74, 6) is 0. The topological polar surface area (TPSA) is 17.0 Å². The molecule has 0 saturated heterocycles. The summed E-state index contributed by atoms with van der Waals surface area (Å²) in [6.45, 7) is 6.40. The Bertz CT molecular complexity index is 483. The molecule has 86 valence electrons. The molecular formula is C14H20N2. The fraction of sp³-hybridized carbons (Fsp3) is 0.429. The highest BCUT2D eigenvalue weighted by Crippen LogP contribution is 2.21. The third-order valence-electron chi connectivity index (χ3n) is 2.97. The predicted octanol–water partition coefficient (Wildman–Crippen LogP) is 2.99. The Labute approximate surface area is 97.3 Å². The summed E-state index contributed by atoms with van der Waals surface area (Å²) in [7, 11) is 2.11. The van der Waals surface area contributed by atoms with Crippen LogP contribution in [0.3, 0.4) is 0 Å². The molecule has 0 unspecified atom stereocenters. The number of aryl methyl sites for hydroxylation is 2. The van der Waals surface area contributed by atoms with E-state index in [4.69, 9.17) is 0 Å². The van der Waals surface area contributed by atoms with Crippen molar-refractivity contribution in [3.63, 3.8) is 0 Å². The van der Waals surface area contributed by atoms with Gasteiger partial charge < -0.3 is 9.88 Å². The van der Waals surface area contributed by atoms with E-state index in [0.717, 1.165) is 13.1 Å². The first kappa shape index (κ1) is 11.2. The molecule has 1 aromatic carbocycles. The van der Waals surface area contributed by atoms with Crippen molar-refractivity contribution >= 4 is 10.9 Å². The second-order valence-corrected chi connectivity index (χ2v) is 4.46. The van der Waals surface area contributed by atoms with Gasteiger partial charge in [0.2, 0.25) is 0 Å². The maximum absolute atomic E-state index is 3.46. The standard InChI is InChI=1S/C14H20N2/c1-4-7-15-9-12-10-16(3)14-6-5-11(2)8-13(12)14/h5-6,8,10,15H,4,7,9H2,1-3H3. The Morgan fingerprint density at radius 2 is 2.12 bits per heavy atom. The number of hydrogen-bond donors (Lipinski definition) is 1. The van der Waals surface area contributed by atoms with Gasteiger partial charge in [0, 0.05) is 30.7 Å². The lowest BCUT2D eigenvalue weighted by Crippen LogP contribution is -2.13. The minimum Gasteiger partial charge on any atom is -0.350 e. The highest BCUT2D eigenvalue weighted by atomic mass is 14.9. The molecule has 2 rings (SSSR count). The first-order chi connectivity index (χ1) is 7.72. The molecule has 0 aliphatic heterocycles. The lowest BCUT2D eigenvalue weighted by Gasteiger charge is -2.01. The number of hydrogen-bond acceptors (Lipinski definition) is 1. The van der Waals surface area contributed by atoms with Crippen LogP contribution in [0.25, 0.3) is 10.9 Å². The summed E-state index contributed by atoms with van der Waals surface area (Å²) in [4.78, 5) is 0. The van der Waals surface area contributed by atoms with Gasteiger partial charge in [0.25, 0.3) is 0 Å². The second-order valence-electron chi connectivity index (χ2n) is 4.46. The van der Waals surface area contributed by atoms with Crippen LogP contribution in [0.2, 0.25) is 0 Å². The molecule has 1 N–H and O–H groups in total. The Morgan fingerprint density at radius 1 is 1.31 bits per heavy atom. The van der Waals surface area contributed by atoms with Gasteiger partial charge in [-0.1, -0.05) is 18.6 Å². The average molecular weight is 216 g/mol. The molecule has 0 bridgehead atoms. The zero-order valence-electron chi connectivity index (χ0n) is 10.4. The number of aromatic nitrogens is 1. The molecule has 0 radical (unpaired) electrons. The highest BCUT2D eigenvalue weighted by molar-refractivity contribution is 5.84. The number of nitrogens with zero attached hydrogens (tertiary/aromatic N) is 1. The molecule has 0 aliphatic carbocycles. The maximum Gasteiger partial charge on any atom is 0.0481 e. The normalized spacial score (nSPS) is 11.2. The summed E-state index contributed by atoms with van der Waals surface area (Å²) >= 11 is 0. The van der Waals surface area contributed by atoms with Crippen molar-refractivity contribution in [2.75, 3.05) is 6.54 Å². The van der Waals surface area contributed by atoms with Crippen LogP contribution in [0.15, 0.2) is 24.4 Å². The van der Waals surface area contributed by atoms with Crippen LogP contribution in [0.4, 0.5) is 0 Å². The van der Waals surface area contributed by atoms with E-state index in [0.29, 0.717) is 0 Å². The van der Waals surface area contributed by atoms with E-state index in [2.05, 4.69) is 55.2 Å². The third kappa shape index (κ3) is 2.12. The van der Waals surface area contributed by atoms with Gasteiger partial charge in [-0.25, -0.2) is 0 Å². The molecule has 0 saturated carbocycles. The predicted molar refractivity (Wildman–Crippen MR) is 69.7 cm³/mol. The molecule has 1 aromatic heterocycles. The van der Waals surface area contributed by atoms with Gasteiger partial charge in [-0.15, -0.1) is 0 Å². The monoisotopic (exact) mass is 216 g/mol. The van der Waals surface area contributed by atoms with Gasteiger partial charge in [-0.05, 0) is 37.6 Å². The maximum atomic E-state index is 3.46. The zero-order valence-corrected chi connectivity index (χ0v) is 10.4. The van der Waals surface area contributed by atoms with Crippen molar-refractivity contribution < 1.29 is 0 Å². The molecule has 0 fully saturated rings. The minimum atomic E-state index is 0.967.